The topological polar surface area (TPSA) is 159 Å². The number of aromatic nitrogens is 2. The smallest absolute Gasteiger partial charge is 0.410 e. The number of carboxylic acids is 1. The predicted molar refractivity (Wildman–Crippen MR) is 141 cm³/mol. The first-order valence-corrected chi connectivity index (χ1v) is 13.8. The highest BCUT2D eigenvalue weighted by Gasteiger charge is 2.60. The second-order valence-corrected chi connectivity index (χ2v) is 11.8. The lowest BCUT2D eigenvalue weighted by atomic mass is 9.79. The molecule has 0 aliphatic carbocycles. The molecule has 0 radical (unpaired) electrons. The van der Waals surface area contributed by atoms with Crippen molar-refractivity contribution < 1.29 is 62.7 Å². The van der Waals surface area contributed by atoms with Crippen molar-refractivity contribution >= 4 is 35.6 Å². The molecule has 4 heterocycles. The Balaban J connectivity index is 0.00000441. The van der Waals surface area contributed by atoms with E-state index in [2.05, 4.69) is 6.58 Å². The van der Waals surface area contributed by atoms with Crippen LogP contribution in [0.1, 0.15) is 32.4 Å². The summed E-state index contributed by atoms with van der Waals surface area (Å²) in [5.74, 6) is -2.84. The largest absolute Gasteiger partial charge is 1.00 e. The second kappa shape index (κ2) is 12.9. The van der Waals surface area contributed by atoms with Gasteiger partial charge in [0.15, 0.2) is 5.69 Å². The standard InChI is InChI=1S/C26H35N5O7S.HI/c1-5-8-38-26(37)30-12-18(9-16(30)6-7-29-11-17(10-19(27)33)28(4)13-29)39-23-14(2)21-20(15(3)32)24(34)31(21)22(23)25(35)36;/h5,11,13-16,18,20-21,32H,1,6-10,12H2,2-4H3,(H2-,27,33,35,36);1H/t14-,15-,16-,18+,20-,21-;/m1./s1. The quantitative estimate of drug-likeness (QED) is 0.0988. The van der Waals surface area contributed by atoms with E-state index in [0.29, 0.717) is 30.8 Å². The normalized spacial score (nSPS) is 26.2. The summed E-state index contributed by atoms with van der Waals surface area (Å²) in [6, 6.07) is -0.553. The van der Waals surface area contributed by atoms with Gasteiger partial charge in [0.05, 0.1) is 38.1 Å². The van der Waals surface area contributed by atoms with Crippen LogP contribution in [0.25, 0.3) is 0 Å². The molecule has 14 heteroatoms. The molecule has 2 saturated heterocycles. The summed E-state index contributed by atoms with van der Waals surface area (Å²) in [7, 11) is 1.84. The van der Waals surface area contributed by atoms with Crippen molar-refractivity contribution in [1.29, 1.82) is 0 Å². The summed E-state index contributed by atoms with van der Waals surface area (Å²) in [6.07, 6.45) is 5.24. The molecule has 0 spiro atoms. The van der Waals surface area contributed by atoms with Gasteiger partial charge >= 0.3 is 12.1 Å². The number of fused-ring (bicyclic) bond motifs is 1. The van der Waals surface area contributed by atoms with Crippen LogP contribution in [-0.4, -0.2) is 85.0 Å². The summed E-state index contributed by atoms with van der Waals surface area (Å²) in [5, 5.41) is 20.0. The number of thioether (sulfide) groups is 1. The molecular weight excluding hydrogens is 653 g/mol. The number of aryl methyl sites for hydroxylation is 2. The van der Waals surface area contributed by atoms with Gasteiger partial charge in [0, 0.05) is 35.1 Å². The Hall–Kier alpha value is -2.59. The van der Waals surface area contributed by atoms with E-state index in [1.807, 2.05) is 35.6 Å². The Morgan fingerprint density at radius 2 is 2.08 bits per heavy atom. The van der Waals surface area contributed by atoms with Crippen molar-refractivity contribution in [1.82, 2.24) is 14.4 Å². The van der Waals surface area contributed by atoms with Crippen molar-refractivity contribution in [3.05, 3.63) is 41.5 Å². The minimum Gasteiger partial charge on any atom is -1.00 e. The maximum absolute atomic E-state index is 12.9. The Labute approximate surface area is 254 Å². The van der Waals surface area contributed by atoms with Gasteiger partial charge in [-0.2, -0.15) is 0 Å². The molecule has 0 aromatic carbocycles. The summed E-state index contributed by atoms with van der Waals surface area (Å²) < 4.78 is 9.11. The summed E-state index contributed by atoms with van der Waals surface area (Å²) in [5.41, 5.74) is 6.09. The van der Waals surface area contributed by atoms with Crippen LogP contribution >= 0.6 is 11.8 Å². The number of ether oxygens (including phenoxy) is 1. The van der Waals surface area contributed by atoms with E-state index in [9.17, 15) is 29.4 Å². The molecule has 3 aliphatic heterocycles. The number of aliphatic carboxylic acids is 1. The number of β-lactam (4-membered cyclic amide) rings is 1. The molecule has 0 bridgehead atoms. The molecule has 2 fully saturated rings. The van der Waals surface area contributed by atoms with Crippen molar-refractivity contribution in [2.75, 3.05) is 13.2 Å². The van der Waals surface area contributed by atoms with Crippen LogP contribution in [0.15, 0.2) is 35.8 Å². The monoisotopic (exact) mass is 689 g/mol. The number of halogens is 1. The molecule has 1 aromatic heterocycles. The minimum atomic E-state index is -1.17. The first-order chi connectivity index (χ1) is 18.4. The van der Waals surface area contributed by atoms with Crippen LogP contribution in [0.3, 0.4) is 0 Å². The van der Waals surface area contributed by atoms with E-state index in [0.717, 1.165) is 5.69 Å². The van der Waals surface area contributed by atoms with Gasteiger partial charge in [-0.1, -0.05) is 19.6 Å². The number of nitrogens with two attached hydrogens (primary N) is 1. The van der Waals surface area contributed by atoms with Gasteiger partial charge in [0.2, 0.25) is 18.1 Å². The van der Waals surface area contributed by atoms with Crippen molar-refractivity contribution in [2.24, 2.45) is 24.6 Å². The number of carbonyl (C=O) groups is 4. The van der Waals surface area contributed by atoms with E-state index in [-0.39, 0.29) is 71.9 Å². The van der Waals surface area contributed by atoms with Crippen LogP contribution < -0.4 is 34.3 Å². The van der Waals surface area contributed by atoms with Crippen LogP contribution in [0, 0.1) is 11.8 Å². The number of carbonyl (C=O) groups excluding carboxylic acids is 3. The highest BCUT2D eigenvalue weighted by atomic mass is 127. The van der Waals surface area contributed by atoms with E-state index < -0.39 is 30.0 Å². The lowest BCUT2D eigenvalue weighted by Gasteiger charge is -2.46. The molecule has 40 heavy (non-hydrogen) atoms. The number of hydrogen-bond donors (Lipinski definition) is 3. The number of carboxylic acid groups (broad SMARTS) is 1. The van der Waals surface area contributed by atoms with Gasteiger partial charge < -0.3 is 54.5 Å². The van der Waals surface area contributed by atoms with Crippen LogP contribution in [0.4, 0.5) is 4.79 Å². The third kappa shape index (κ3) is 6.17. The number of primary amides is 1. The van der Waals surface area contributed by atoms with Crippen molar-refractivity contribution in [2.45, 2.75) is 63.1 Å². The molecule has 6 atom stereocenters. The van der Waals surface area contributed by atoms with Gasteiger partial charge in [-0.3, -0.25) is 9.59 Å². The van der Waals surface area contributed by atoms with Crippen LogP contribution in [0.2, 0.25) is 0 Å². The van der Waals surface area contributed by atoms with Gasteiger partial charge in [-0.05, 0) is 13.3 Å². The Kier molecular flexibility index (Phi) is 10.3. The zero-order valence-corrected chi connectivity index (χ0v) is 25.7. The number of hydrogen-bond acceptors (Lipinski definition) is 7. The number of nitrogens with zero attached hydrogens (tertiary/aromatic N) is 4. The number of aliphatic hydroxyl groups excluding tert-OH is 1. The molecule has 220 valence electrons. The zero-order chi connectivity index (χ0) is 28.6. The number of aliphatic hydroxyl groups is 1. The number of likely N-dealkylation sites (tertiary alicyclic amines) is 1. The lowest BCUT2D eigenvalue weighted by molar-refractivity contribution is -0.697. The molecular formula is C26H36IN5O7S. The first-order valence-electron chi connectivity index (χ1n) is 13.0. The summed E-state index contributed by atoms with van der Waals surface area (Å²) in [6.45, 7) is 8.05. The molecule has 4 rings (SSSR count). The Morgan fingerprint density at radius 1 is 1.38 bits per heavy atom. The highest BCUT2D eigenvalue weighted by molar-refractivity contribution is 8.03. The van der Waals surface area contributed by atoms with Gasteiger partial charge in [-0.15, -0.1) is 11.8 Å². The number of amides is 3. The molecule has 12 nitrogen and oxygen atoms in total. The average molecular weight is 690 g/mol. The van der Waals surface area contributed by atoms with Crippen LogP contribution in [0.5, 0.6) is 0 Å². The minimum absolute atomic E-state index is 0. The fourth-order valence-corrected chi connectivity index (χ4v) is 7.47. The number of rotatable bonds is 11. The van der Waals surface area contributed by atoms with Crippen molar-refractivity contribution in [3.8, 4) is 0 Å². The third-order valence-electron chi connectivity index (χ3n) is 7.71. The fourth-order valence-electron chi connectivity index (χ4n) is 5.91. The Bertz CT molecular complexity index is 1220. The molecule has 0 saturated carbocycles. The van der Waals surface area contributed by atoms with Crippen LogP contribution in [-0.2, 0) is 39.1 Å². The predicted octanol–water partition coefficient (Wildman–Crippen LogP) is -2.61. The molecule has 3 amide bonds. The second-order valence-electron chi connectivity index (χ2n) is 10.4. The van der Waals surface area contributed by atoms with Gasteiger partial charge in [-0.25, -0.2) is 18.7 Å². The Morgan fingerprint density at radius 3 is 2.67 bits per heavy atom. The molecule has 1 aromatic rings. The van der Waals surface area contributed by atoms with Gasteiger partial charge in [0.25, 0.3) is 0 Å². The average Bonchev–Trinajstić information content (AvgIpc) is 3.49. The maximum Gasteiger partial charge on any atom is 0.410 e. The molecule has 4 N–H and O–H groups in total. The third-order valence-corrected chi connectivity index (χ3v) is 9.20. The van der Waals surface area contributed by atoms with E-state index in [1.54, 1.807) is 11.8 Å². The van der Waals surface area contributed by atoms with E-state index >= 15 is 0 Å². The molecule has 3 aliphatic rings. The van der Waals surface area contributed by atoms with E-state index in [4.69, 9.17) is 10.5 Å². The fraction of sp³-hybridized carbons (Fsp3) is 0.577. The highest BCUT2D eigenvalue weighted by Crippen LogP contribution is 2.52. The maximum atomic E-state index is 12.9. The van der Waals surface area contributed by atoms with Gasteiger partial charge in [0.1, 0.15) is 18.5 Å². The zero-order valence-electron chi connectivity index (χ0n) is 22.7. The lowest BCUT2D eigenvalue weighted by Crippen LogP contribution is -3.00. The first kappa shape index (κ1) is 31.9. The number of imidazole rings is 1. The summed E-state index contributed by atoms with van der Waals surface area (Å²) >= 11 is 1.40. The SMILES string of the molecule is C=CCOC(=O)N1C[C@@H](SC2=C(C(=O)O)N3C(=O)[C@H]([C@@H](C)O)[C@H]3[C@H]2C)C[C@H]1CC[n+]1cc(CC(N)=O)n(C)c1.[I-]. The molecule has 0 unspecified atom stereocenters. The summed E-state index contributed by atoms with van der Waals surface area (Å²) in [4.78, 5) is 52.7. The van der Waals surface area contributed by atoms with Crippen molar-refractivity contribution in [3.63, 3.8) is 0 Å². The van der Waals surface area contributed by atoms with E-state index in [1.165, 1.54) is 22.7 Å².